The largest absolute Gasteiger partial charge is 0.495 e. The molecule has 0 fully saturated rings. The monoisotopic (exact) mass is 416 g/mol. The van der Waals surface area contributed by atoms with Gasteiger partial charge in [0.25, 0.3) is 5.91 Å². The Balaban J connectivity index is 2.04. The lowest BCUT2D eigenvalue weighted by Gasteiger charge is -2.16. The Hall–Kier alpha value is -3.00. The minimum absolute atomic E-state index is 0.0669. The van der Waals surface area contributed by atoms with Crippen molar-refractivity contribution in [1.29, 1.82) is 0 Å². The highest BCUT2D eigenvalue weighted by Gasteiger charge is 2.22. The summed E-state index contributed by atoms with van der Waals surface area (Å²) in [7, 11) is 4.85. The molecule has 0 aliphatic rings. The summed E-state index contributed by atoms with van der Waals surface area (Å²) in [6, 6.07) is 13.8. The zero-order valence-electron chi connectivity index (χ0n) is 16.8. The molecule has 0 heterocycles. The molecular formula is C21H24N2O5S. The number of para-hydroxylation sites is 2. The first-order valence-electron chi connectivity index (χ1n) is 8.90. The first-order chi connectivity index (χ1) is 13.8. The van der Waals surface area contributed by atoms with E-state index in [4.69, 9.17) is 9.47 Å². The molecule has 0 saturated carbocycles. The van der Waals surface area contributed by atoms with Gasteiger partial charge in [-0.15, -0.1) is 11.8 Å². The van der Waals surface area contributed by atoms with Crippen molar-refractivity contribution in [3.05, 3.63) is 54.1 Å². The summed E-state index contributed by atoms with van der Waals surface area (Å²) < 4.78 is 10.5. The van der Waals surface area contributed by atoms with Crippen molar-refractivity contribution >= 4 is 35.2 Å². The van der Waals surface area contributed by atoms with E-state index in [0.717, 1.165) is 0 Å². The van der Waals surface area contributed by atoms with E-state index in [1.54, 1.807) is 62.6 Å². The zero-order valence-corrected chi connectivity index (χ0v) is 17.6. The lowest BCUT2D eigenvalue weighted by atomic mass is 10.2. The summed E-state index contributed by atoms with van der Waals surface area (Å²) in [5.74, 6) is -0.473. The van der Waals surface area contributed by atoms with Crippen LogP contribution in [0.3, 0.4) is 0 Å². The van der Waals surface area contributed by atoms with Crippen LogP contribution in [0.25, 0.3) is 0 Å². The summed E-state index contributed by atoms with van der Waals surface area (Å²) in [6.45, 7) is 1.49. The van der Waals surface area contributed by atoms with Crippen LogP contribution in [0.5, 0.6) is 5.75 Å². The Morgan fingerprint density at radius 1 is 1.07 bits per heavy atom. The number of esters is 1. The fourth-order valence-corrected chi connectivity index (χ4v) is 3.31. The van der Waals surface area contributed by atoms with Gasteiger partial charge in [0.1, 0.15) is 5.75 Å². The summed E-state index contributed by atoms with van der Waals surface area (Å²) in [4.78, 5) is 38.9. The molecular weight excluding hydrogens is 392 g/mol. The number of benzene rings is 2. The zero-order chi connectivity index (χ0) is 21.4. The maximum absolute atomic E-state index is 12.6. The van der Waals surface area contributed by atoms with E-state index in [1.165, 1.54) is 30.7 Å². The van der Waals surface area contributed by atoms with Gasteiger partial charge in [0, 0.05) is 19.0 Å². The SMILES string of the molecule is COc1ccccc1NC(=O)[C@H](C)OC(=O)c1ccccc1SCC(=O)N(C)C. The lowest BCUT2D eigenvalue weighted by molar-refractivity contribution is -0.126. The first kappa shape index (κ1) is 22.3. The van der Waals surface area contributed by atoms with Crippen LogP contribution in [0.4, 0.5) is 5.69 Å². The molecule has 2 rings (SSSR count). The Morgan fingerprint density at radius 2 is 1.72 bits per heavy atom. The fourth-order valence-electron chi connectivity index (χ4n) is 2.29. The number of methoxy groups -OCH3 is 1. The molecule has 2 aromatic carbocycles. The smallest absolute Gasteiger partial charge is 0.340 e. The number of hydrogen-bond acceptors (Lipinski definition) is 6. The van der Waals surface area contributed by atoms with Crippen LogP contribution >= 0.6 is 11.8 Å². The van der Waals surface area contributed by atoms with Crippen LogP contribution in [0.15, 0.2) is 53.4 Å². The van der Waals surface area contributed by atoms with Crippen LogP contribution in [0.1, 0.15) is 17.3 Å². The third-order valence-electron chi connectivity index (χ3n) is 3.97. The Kier molecular flexibility index (Phi) is 8.09. The average Bonchev–Trinajstić information content (AvgIpc) is 2.72. The number of carbonyl (C=O) groups excluding carboxylic acids is 3. The molecule has 0 unspecified atom stereocenters. The van der Waals surface area contributed by atoms with Gasteiger partial charge in [-0.05, 0) is 31.2 Å². The Labute approximate surface area is 174 Å². The quantitative estimate of drug-likeness (QED) is 0.526. The van der Waals surface area contributed by atoms with Crippen LogP contribution in [-0.2, 0) is 14.3 Å². The third kappa shape index (κ3) is 6.25. The molecule has 0 spiro atoms. The van der Waals surface area contributed by atoms with Gasteiger partial charge in [0.05, 0.1) is 24.1 Å². The number of amides is 2. The van der Waals surface area contributed by atoms with E-state index in [-0.39, 0.29) is 11.7 Å². The van der Waals surface area contributed by atoms with E-state index < -0.39 is 18.0 Å². The summed E-state index contributed by atoms with van der Waals surface area (Å²) >= 11 is 1.25. The number of rotatable bonds is 8. The number of hydrogen-bond donors (Lipinski definition) is 1. The van der Waals surface area contributed by atoms with E-state index in [9.17, 15) is 14.4 Å². The van der Waals surface area contributed by atoms with Crippen molar-refractivity contribution in [2.24, 2.45) is 0 Å². The van der Waals surface area contributed by atoms with E-state index in [2.05, 4.69) is 5.32 Å². The number of carbonyl (C=O) groups is 3. The number of nitrogens with one attached hydrogen (secondary N) is 1. The standard InChI is InChI=1S/C21H24N2O5S/c1-14(20(25)22-16-10-6-7-11-17(16)27-4)28-21(26)15-9-5-8-12-18(15)29-13-19(24)23(2)3/h5-12,14H,13H2,1-4H3,(H,22,25)/t14-/m0/s1. The topological polar surface area (TPSA) is 84.9 Å². The van der Waals surface area contributed by atoms with Crippen LogP contribution < -0.4 is 10.1 Å². The van der Waals surface area contributed by atoms with Crippen molar-refractivity contribution < 1.29 is 23.9 Å². The molecule has 7 nitrogen and oxygen atoms in total. The molecule has 29 heavy (non-hydrogen) atoms. The second-order valence-corrected chi connectivity index (χ2v) is 7.33. The molecule has 2 amide bonds. The molecule has 8 heteroatoms. The predicted octanol–water partition coefficient (Wildman–Crippen LogP) is 3.06. The summed E-state index contributed by atoms with van der Waals surface area (Å²) in [6.07, 6.45) is -1.02. The highest BCUT2D eigenvalue weighted by molar-refractivity contribution is 8.00. The van der Waals surface area contributed by atoms with Gasteiger partial charge >= 0.3 is 5.97 Å². The molecule has 2 aromatic rings. The van der Waals surface area contributed by atoms with Gasteiger partial charge in [-0.25, -0.2) is 4.79 Å². The van der Waals surface area contributed by atoms with E-state index in [0.29, 0.717) is 21.9 Å². The number of anilines is 1. The first-order valence-corrected chi connectivity index (χ1v) is 9.89. The van der Waals surface area contributed by atoms with Crippen molar-refractivity contribution in [3.8, 4) is 5.75 Å². The van der Waals surface area contributed by atoms with Gasteiger partial charge in [0.15, 0.2) is 6.10 Å². The minimum Gasteiger partial charge on any atom is -0.495 e. The van der Waals surface area contributed by atoms with Crippen molar-refractivity contribution in [3.63, 3.8) is 0 Å². The second kappa shape index (κ2) is 10.5. The lowest BCUT2D eigenvalue weighted by Crippen LogP contribution is -2.30. The molecule has 154 valence electrons. The minimum atomic E-state index is -1.02. The summed E-state index contributed by atoms with van der Waals surface area (Å²) in [5, 5.41) is 2.69. The fraction of sp³-hybridized carbons (Fsp3) is 0.286. The number of ether oxygens (including phenoxy) is 2. The predicted molar refractivity (Wildman–Crippen MR) is 112 cm³/mol. The molecule has 0 aliphatic heterocycles. The molecule has 0 bridgehead atoms. The van der Waals surface area contributed by atoms with Gasteiger partial charge in [0.2, 0.25) is 5.91 Å². The van der Waals surface area contributed by atoms with Gasteiger partial charge in [-0.3, -0.25) is 9.59 Å². The van der Waals surface area contributed by atoms with Crippen LogP contribution in [0, 0.1) is 0 Å². The van der Waals surface area contributed by atoms with Gasteiger partial charge in [-0.2, -0.15) is 0 Å². The van der Waals surface area contributed by atoms with Crippen molar-refractivity contribution in [2.75, 3.05) is 32.3 Å². The van der Waals surface area contributed by atoms with E-state index >= 15 is 0 Å². The van der Waals surface area contributed by atoms with Crippen LogP contribution in [0.2, 0.25) is 0 Å². The molecule has 0 saturated heterocycles. The van der Waals surface area contributed by atoms with Gasteiger partial charge < -0.3 is 19.7 Å². The van der Waals surface area contributed by atoms with Crippen molar-refractivity contribution in [2.45, 2.75) is 17.9 Å². The maximum Gasteiger partial charge on any atom is 0.340 e. The number of nitrogens with zero attached hydrogens (tertiary/aromatic N) is 1. The highest BCUT2D eigenvalue weighted by Crippen LogP contribution is 2.25. The number of thioether (sulfide) groups is 1. The highest BCUT2D eigenvalue weighted by atomic mass is 32.2. The summed E-state index contributed by atoms with van der Waals surface area (Å²) in [5.41, 5.74) is 0.794. The second-order valence-electron chi connectivity index (χ2n) is 6.31. The molecule has 1 atom stereocenters. The maximum atomic E-state index is 12.6. The normalized spacial score (nSPS) is 11.3. The Morgan fingerprint density at radius 3 is 2.41 bits per heavy atom. The molecule has 0 radical (unpaired) electrons. The van der Waals surface area contributed by atoms with Crippen molar-refractivity contribution in [1.82, 2.24) is 4.90 Å². The van der Waals surface area contributed by atoms with Crippen LogP contribution in [-0.4, -0.2) is 55.7 Å². The Bertz CT molecular complexity index is 885. The van der Waals surface area contributed by atoms with E-state index in [1.807, 2.05) is 0 Å². The molecule has 0 aromatic heterocycles. The van der Waals surface area contributed by atoms with Gasteiger partial charge in [-0.1, -0.05) is 24.3 Å². The molecule has 0 aliphatic carbocycles. The molecule has 1 N–H and O–H groups in total. The average molecular weight is 416 g/mol. The third-order valence-corrected chi connectivity index (χ3v) is 5.03.